The van der Waals surface area contributed by atoms with Crippen LogP contribution in [0.4, 0.5) is 10.1 Å². The van der Waals surface area contributed by atoms with Gasteiger partial charge in [-0.25, -0.2) is 12.8 Å². The molecule has 4 aromatic rings. The number of amides is 1. The number of fused-ring (bicyclic) bond motifs is 1. The van der Waals surface area contributed by atoms with Crippen molar-refractivity contribution in [3.05, 3.63) is 77.6 Å². The number of hydrogen-bond acceptors (Lipinski definition) is 5. The van der Waals surface area contributed by atoms with Gasteiger partial charge in [-0.2, -0.15) is 0 Å². The summed E-state index contributed by atoms with van der Waals surface area (Å²) in [6.07, 6.45) is 3.81. The summed E-state index contributed by atoms with van der Waals surface area (Å²) in [5.74, 6) is 1.02. The highest BCUT2D eigenvalue weighted by molar-refractivity contribution is 7.92. The monoisotopic (exact) mass is 536 g/mol. The topological polar surface area (TPSA) is 88.8 Å². The Hall–Kier alpha value is -3.85. The molecule has 5 rings (SSSR count). The van der Waals surface area contributed by atoms with Crippen LogP contribution in [-0.2, 0) is 10.0 Å². The van der Waals surface area contributed by atoms with Crippen LogP contribution in [0.2, 0.25) is 0 Å². The smallest absolute Gasteiger partial charge is 0.255 e. The molecule has 3 aromatic carbocycles. The second-order valence-corrected chi connectivity index (χ2v) is 11.4. The van der Waals surface area contributed by atoms with Gasteiger partial charge in [0, 0.05) is 30.6 Å². The Morgan fingerprint density at radius 1 is 1.08 bits per heavy atom. The zero-order chi connectivity index (χ0) is 27.0. The normalized spacial score (nSPS) is 13.5. The summed E-state index contributed by atoms with van der Waals surface area (Å²) >= 11 is 0. The molecule has 1 amide bonds. The van der Waals surface area contributed by atoms with Crippen molar-refractivity contribution in [1.29, 1.82) is 0 Å². The lowest BCUT2D eigenvalue weighted by atomic mass is 10.0. The van der Waals surface area contributed by atoms with Crippen LogP contribution < -0.4 is 14.4 Å². The van der Waals surface area contributed by atoms with Crippen molar-refractivity contribution < 1.29 is 26.8 Å². The Labute approximate surface area is 221 Å². The Bertz CT molecular complexity index is 1590. The molecule has 1 N–H and O–H groups in total. The minimum absolute atomic E-state index is 0.245. The van der Waals surface area contributed by atoms with Gasteiger partial charge in [-0.1, -0.05) is 6.92 Å². The number of sulfonamides is 1. The van der Waals surface area contributed by atoms with Gasteiger partial charge in [-0.05, 0) is 85.3 Å². The van der Waals surface area contributed by atoms with E-state index in [2.05, 4.69) is 5.32 Å². The SMILES string of the molecule is CCCN(c1cc2oc(-c3ccc(Oc4ccc(F)cc4)cc3)c(C(=O)NC)c2cc1C1CC1)S(C)(=O)=O. The highest BCUT2D eigenvalue weighted by atomic mass is 32.2. The number of hydrogen-bond donors (Lipinski definition) is 1. The van der Waals surface area contributed by atoms with Crippen LogP contribution >= 0.6 is 0 Å². The standard InChI is InChI=1S/C29H29FN2O5S/c1-4-15-32(38(3,34)35)25-17-26-24(16-23(25)18-5-6-18)27(29(33)31-2)28(37-26)19-7-11-21(12-8-19)36-22-13-9-20(30)10-14-22/h7-14,16-18H,4-6,15H2,1-3H3,(H,31,33). The Kier molecular flexibility index (Phi) is 6.88. The molecule has 1 aliphatic carbocycles. The number of carbonyl (C=O) groups excluding carboxylic acids is 1. The summed E-state index contributed by atoms with van der Waals surface area (Å²) < 4.78 is 52.0. The Balaban J connectivity index is 1.60. The van der Waals surface area contributed by atoms with Gasteiger partial charge in [0.05, 0.1) is 17.5 Å². The van der Waals surface area contributed by atoms with Crippen molar-refractivity contribution >= 4 is 32.6 Å². The molecule has 0 radical (unpaired) electrons. The molecule has 0 spiro atoms. The van der Waals surface area contributed by atoms with Gasteiger partial charge in [0.25, 0.3) is 5.91 Å². The zero-order valence-electron chi connectivity index (χ0n) is 21.5. The van der Waals surface area contributed by atoms with Crippen LogP contribution in [0.1, 0.15) is 48.0 Å². The van der Waals surface area contributed by atoms with Gasteiger partial charge >= 0.3 is 0 Å². The van der Waals surface area contributed by atoms with E-state index in [1.807, 2.05) is 13.0 Å². The minimum Gasteiger partial charge on any atom is -0.457 e. The molecule has 0 saturated heterocycles. The van der Waals surface area contributed by atoms with Crippen molar-refractivity contribution in [1.82, 2.24) is 5.32 Å². The highest BCUT2D eigenvalue weighted by Gasteiger charge is 2.32. The highest BCUT2D eigenvalue weighted by Crippen LogP contribution is 2.48. The van der Waals surface area contributed by atoms with E-state index in [9.17, 15) is 17.6 Å². The number of ether oxygens (including phenoxy) is 1. The fourth-order valence-electron chi connectivity index (χ4n) is 4.62. The largest absolute Gasteiger partial charge is 0.457 e. The van der Waals surface area contributed by atoms with E-state index in [-0.39, 0.29) is 17.6 Å². The number of benzene rings is 3. The summed E-state index contributed by atoms with van der Waals surface area (Å²) in [6, 6.07) is 16.4. The van der Waals surface area contributed by atoms with E-state index in [1.165, 1.54) is 22.7 Å². The predicted molar refractivity (Wildman–Crippen MR) is 146 cm³/mol. The van der Waals surface area contributed by atoms with Gasteiger partial charge in [0.15, 0.2) is 0 Å². The zero-order valence-corrected chi connectivity index (χ0v) is 22.3. The molecule has 7 nitrogen and oxygen atoms in total. The van der Waals surface area contributed by atoms with Crippen molar-refractivity contribution in [2.75, 3.05) is 24.2 Å². The Morgan fingerprint density at radius 3 is 2.26 bits per heavy atom. The molecule has 1 aromatic heterocycles. The number of nitrogens with zero attached hydrogens (tertiary/aromatic N) is 1. The molecular formula is C29H29FN2O5S. The fourth-order valence-corrected chi connectivity index (χ4v) is 5.65. The molecular weight excluding hydrogens is 507 g/mol. The van der Waals surface area contributed by atoms with Crippen LogP contribution in [0.3, 0.4) is 0 Å². The maximum absolute atomic E-state index is 13.2. The molecule has 9 heteroatoms. The number of carbonyl (C=O) groups is 1. The molecule has 1 aliphatic rings. The molecule has 1 heterocycles. The van der Waals surface area contributed by atoms with E-state index in [4.69, 9.17) is 9.15 Å². The number of nitrogens with one attached hydrogen (secondary N) is 1. The lowest BCUT2D eigenvalue weighted by Crippen LogP contribution is -2.31. The number of anilines is 1. The van der Waals surface area contributed by atoms with E-state index in [0.717, 1.165) is 18.4 Å². The first-order valence-corrected chi connectivity index (χ1v) is 14.4. The molecule has 0 unspecified atom stereocenters. The second kappa shape index (κ2) is 10.1. The van der Waals surface area contributed by atoms with E-state index in [1.54, 1.807) is 49.5 Å². The summed E-state index contributed by atoms with van der Waals surface area (Å²) in [4.78, 5) is 13.1. The molecule has 0 bridgehead atoms. The molecule has 38 heavy (non-hydrogen) atoms. The van der Waals surface area contributed by atoms with Crippen LogP contribution in [0.25, 0.3) is 22.3 Å². The van der Waals surface area contributed by atoms with Crippen LogP contribution in [0.15, 0.2) is 65.1 Å². The third-order valence-electron chi connectivity index (χ3n) is 6.57. The molecule has 0 atom stereocenters. The summed E-state index contributed by atoms with van der Waals surface area (Å²) in [7, 11) is -1.95. The van der Waals surface area contributed by atoms with Gasteiger partial charge < -0.3 is 14.5 Å². The maximum atomic E-state index is 13.2. The third kappa shape index (κ3) is 5.11. The average Bonchev–Trinajstić information content (AvgIpc) is 3.67. The van der Waals surface area contributed by atoms with Crippen molar-refractivity contribution in [3.63, 3.8) is 0 Å². The van der Waals surface area contributed by atoms with E-state index >= 15 is 0 Å². The fraction of sp³-hybridized carbons (Fsp3) is 0.276. The van der Waals surface area contributed by atoms with Crippen LogP contribution in [0.5, 0.6) is 11.5 Å². The van der Waals surface area contributed by atoms with E-state index in [0.29, 0.717) is 58.0 Å². The van der Waals surface area contributed by atoms with Crippen LogP contribution in [0, 0.1) is 5.82 Å². The number of rotatable bonds is 9. The van der Waals surface area contributed by atoms with E-state index < -0.39 is 10.0 Å². The average molecular weight is 537 g/mol. The van der Waals surface area contributed by atoms with Crippen molar-refractivity contribution in [2.24, 2.45) is 0 Å². The van der Waals surface area contributed by atoms with Gasteiger partial charge in [-0.3, -0.25) is 9.10 Å². The maximum Gasteiger partial charge on any atom is 0.255 e. The first-order chi connectivity index (χ1) is 18.2. The Morgan fingerprint density at radius 2 is 1.71 bits per heavy atom. The number of furan rings is 1. The first-order valence-electron chi connectivity index (χ1n) is 12.5. The predicted octanol–water partition coefficient (Wildman–Crippen LogP) is 6.44. The lowest BCUT2D eigenvalue weighted by molar-refractivity contribution is 0.0964. The summed E-state index contributed by atoms with van der Waals surface area (Å²) in [5, 5.41) is 3.34. The van der Waals surface area contributed by atoms with Crippen molar-refractivity contribution in [3.8, 4) is 22.8 Å². The van der Waals surface area contributed by atoms with Crippen LogP contribution in [-0.4, -0.2) is 34.2 Å². The third-order valence-corrected chi connectivity index (χ3v) is 7.75. The van der Waals surface area contributed by atoms with Crippen molar-refractivity contribution in [2.45, 2.75) is 32.1 Å². The quantitative estimate of drug-likeness (QED) is 0.266. The second-order valence-electron chi connectivity index (χ2n) is 9.48. The molecule has 1 fully saturated rings. The summed E-state index contributed by atoms with van der Waals surface area (Å²) in [6.45, 7) is 2.29. The van der Waals surface area contributed by atoms with Gasteiger partial charge in [0.1, 0.15) is 28.7 Å². The number of halogens is 1. The molecule has 1 saturated carbocycles. The lowest BCUT2D eigenvalue weighted by Gasteiger charge is -2.24. The first kappa shape index (κ1) is 25.8. The minimum atomic E-state index is -3.51. The molecule has 0 aliphatic heterocycles. The summed E-state index contributed by atoms with van der Waals surface area (Å²) in [5.41, 5.74) is 3.02. The van der Waals surface area contributed by atoms with Gasteiger partial charge in [-0.15, -0.1) is 0 Å². The van der Waals surface area contributed by atoms with Gasteiger partial charge in [0.2, 0.25) is 10.0 Å². The molecule has 198 valence electrons.